The van der Waals surface area contributed by atoms with Crippen LogP contribution in [0.5, 0.6) is 0 Å². The van der Waals surface area contributed by atoms with E-state index in [1.165, 1.54) is 16.4 Å². The van der Waals surface area contributed by atoms with Crippen molar-refractivity contribution in [3.05, 3.63) is 66.7 Å². The Kier molecular flexibility index (Phi) is 16.7. The molecule has 6 aromatic rings. The maximum Gasteiger partial charge on any atom is 0.243 e. The number of benzene rings is 2. The summed E-state index contributed by atoms with van der Waals surface area (Å²) in [6.07, 6.45) is 15.2. The van der Waals surface area contributed by atoms with E-state index in [0.717, 1.165) is 141 Å². The van der Waals surface area contributed by atoms with Crippen LogP contribution in [0.2, 0.25) is 0 Å². The van der Waals surface area contributed by atoms with Crippen LogP contribution in [0.25, 0.3) is 44.6 Å². The van der Waals surface area contributed by atoms with Crippen molar-refractivity contribution in [1.29, 1.82) is 0 Å². The van der Waals surface area contributed by atoms with E-state index in [9.17, 15) is 17.9 Å². The Balaban J connectivity index is 0.000000198. The third-order valence-corrected chi connectivity index (χ3v) is 14.7. The van der Waals surface area contributed by atoms with Crippen LogP contribution in [0.1, 0.15) is 104 Å². The average Bonchev–Trinajstić information content (AvgIpc) is 3.89. The van der Waals surface area contributed by atoms with Crippen LogP contribution in [0.4, 0.5) is 16.3 Å². The van der Waals surface area contributed by atoms with Crippen LogP contribution < -0.4 is 16.4 Å². The summed E-state index contributed by atoms with van der Waals surface area (Å²) >= 11 is 0. The fourth-order valence-electron chi connectivity index (χ4n) is 8.86. The van der Waals surface area contributed by atoms with E-state index < -0.39 is 10.0 Å². The lowest BCUT2D eigenvalue weighted by molar-refractivity contribution is 0.0730. The van der Waals surface area contributed by atoms with Gasteiger partial charge < -0.3 is 26.2 Å². The minimum absolute atomic E-state index is 0. The molecule has 18 heteroatoms. The van der Waals surface area contributed by atoms with Crippen molar-refractivity contribution in [2.45, 2.75) is 128 Å². The van der Waals surface area contributed by atoms with Gasteiger partial charge in [0.05, 0.1) is 41.0 Å². The average molecular weight is 927 g/mol. The number of ether oxygens (including phenoxy) is 1. The molecule has 0 spiro atoms. The second-order valence-electron chi connectivity index (χ2n) is 17.5. The van der Waals surface area contributed by atoms with Gasteiger partial charge in [0, 0.05) is 62.3 Å². The van der Waals surface area contributed by atoms with Gasteiger partial charge in [0.1, 0.15) is 17.2 Å². The first-order valence-electron chi connectivity index (χ1n) is 23.5. The molecule has 3 fully saturated rings. The van der Waals surface area contributed by atoms with Crippen LogP contribution >= 0.6 is 0 Å². The van der Waals surface area contributed by atoms with Crippen LogP contribution in [0.15, 0.2) is 65.8 Å². The van der Waals surface area contributed by atoms with Crippen molar-refractivity contribution in [1.82, 2.24) is 43.8 Å². The summed E-state index contributed by atoms with van der Waals surface area (Å²) in [6.45, 7) is 8.31. The number of nitrogens with two attached hydrogens (primary N) is 1. The van der Waals surface area contributed by atoms with Crippen LogP contribution in [0.3, 0.4) is 0 Å². The maximum atomic E-state index is 13.4. The fraction of sp³-hybridized carbons (Fsp3) is 0.542. The number of hydrogen-bond acceptors (Lipinski definition) is 13. The van der Waals surface area contributed by atoms with E-state index in [1.54, 1.807) is 42.6 Å². The summed E-state index contributed by atoms with van der Waals surface area (Å²) in [5, 5.41) is 28.1. The molecular formula is C48H67FN12O4S. The number of rotatable bonds is 15. The maximum absolute atomic E-state index is 13.4. The number of fused-ring (bicyclic) bond motifs is 2. The first kappa shape index (κ1) is 48.8. The summed E-state index contributed by atoms with van der Waals surface area (Å²) < 4.78 is 50.2. The Morgan fingerprint density at radius 1 is 0.758 bits per heavy atom. The number of aliphatic hydroxyl groups excluding tert-OH is 1. The highest BCUT2D eigenvalue weighted by atomic mass is 32.2. The zero-order valence-corrected chi connectivity index (χ0v) is 38.4. The molecule has 0 unspecified atom stereocenters. The summed E-state index contributed by atoms with van der Waals surface area (Å²) in [4.78, 5) is 18.8. The lowest BCUT2D eigenvalue weighted by Crippen LogP contribution is -2.40. The quantitative estimate of drug-likeness (QED) is 0.0718. The smallest absolute Gasteiger partial charge is 0.243 e. The molecule has 356 valence electrons. The van der Waals surface area contributed by atoms with Gasteiger partial charge in [0.15, 0.2) is 11.3 Å². The molecule has 66 heavy (non-hydrogen) atoms. The molecule has 4 aromatic heterocycles. The van der Waals surface area contributed by atoms with Crippen molar-refractivity contribution in [3.8, 4) is 22.5 Å². The molecule has 2 aliphatic carbocycles. The third kappa shape index (κ3) is 11.5. The highest BCUT2D eigenvalue weighted by Gasteiger charge is 2.29. The normalized spacial score (nSPS) is 20.4. The number of nitrogens with zero attached hydrogens (tertiary/aromatic N) is 9. The third-order valence-electron chi connectivity index (χ3n) is 12.8. The molecule has 5 N–H and O–H groups in total. The number of sulfonamides is 1. The van der Waals surface area contributed by atoms with Gasteiger partial charge in [-0.25, -0.2) is 32.1 Å². The molecule has 5 heterocycles. The number of morpholine rings is 1. The second kappa shape index (κ2) is 22.6. The van der Waals surface area contributed by atoms with E-state index in [2.05, 4.69) is 34.4 Å². The molecule has 9 rings (SSSR count). The van der Waals surface area contributed by atoms with Gasteiger partial charge in [-0.1, -0.05) is 46.2 Å². The summed E-state index contributed by atoms with van der Waals surface area (Å²) in [5.41, 5.74) is 10.9. The number of aromatic nitrogens is 8. The lowest BCUT2D eigenvalue weighted by atomic mass is 9.86. The first-order valence-corrected chi connectivity index (χ1v) is 24.9. The topological polar surface area (TPSA) is 204 Å². The summed E-state index contributed by atoms with van der Waals surface area (Å²) in [7, 11) is -3.57. The molecule has 2 saturated carbocycles. The molecule has 16 nitrogen and oxygen atoms in total. The minimum atomic E-state index is -3.57. The molecular weight excluding hydrogens is 860 g/mol. The second-order valence-corrected chi connectivity index (χ2v) is 19.5. The largest absolute Gasteiger partial charge is 0.393 e. The number of anilines is 2. The Bertz CT molecular complexity index is 2580. The Morgan fingerprint density at radius 3 is 1.89 bits per heavy atom. The van der Waals surface area contributed by atoms with Crippen LogP contribution in [0, 0.1) is 11.7 Å². The van der Waals surface area contributed by atoms with Crippen molar-refractivity contribution in [3.63, 3.8) is 0 Å². The SMILES string of the molecule is C.CCCCNc1ncc2c(-c3ccc(F)cc3)nn(CC3CCC(N)CC3)c2n1.CCCCNc1ncc2c(-c3ccc(S(=O)(=O)N4CCOCC4)cc3)nn(C3CCC(O)CC3)c2n1. The predicted octanol–water partition coefficient (Wildman–Crippen LogP) is 8.20. The van der Waals surface area contributed by atoms with E-state index in [0.29, 0.717) is 50.2 Å². The van der Waals surface area contributed by atoms with Crippen molar-refractivity contribution >= 4 is 44.0 Å². The van der Waals surface area contributed by atoms with Gasteiger partial charge in [0.2, 0.25) is 21.9 Å². The zero-order valence-electron chi connectivity index (χ0n) is 37.6. The molecule has 2 aromatic carbocycles. The van der Waals surface area contributed by atoms with E-state index in [4.69, 9.17) is 30.6 Å². The van der Waals surface area contributed by atoms with Crippen molar-refractivity contribution in [2.24, 2.45) is 11.7 Å². The molecule has 0 radical (unpaired) electrons. The van der Waals surface area contributed by atoms with E-state index in [-0.39, 0.29) is 30.3 Å². The molecule has 0 atom stereocenters. The highest BCUT2D eigenvalue weighted by Crippen LogP contribution is 2.36. The van der Waals surface area contributed by atoms with Gasteiger partial charge in [-0.3, -0.25) is 0 Å². The lowest BCUT2D eigenvalue weighted by Gasteiger charge is -2.26. The highest BCUT2D eigenvalue weighted by molar-refractivity contribution is 7.89. The number of unbranched alkanes of at least 4 members (excludes halogenated alkanes) is 2. The standard InChI is InChI=1S/C25H34N6O4S.C22H29FN6.CH4/c1-2-3-12-26-25-27-17-22-23(29-31(24(22)28-25)19-6-8-20(32)9-7-19)18-4-10-21(11-5-18)36(33,34)30-13-15-35-16-14-30;1-2-3-12-25-22-26-13-19-20(16-6-8-17(23)9-7-16)28-29(21(19)27-22)14-15-4-10-18(24)11-5-15;/h4-5,10-11,17,19-20,32H,2-3,6-9,12-16H2,1H3,(H,26,27,28);6-9,13,15,18H,2-5,10-12,14,24H2,1H3,(H,25,26,27);1H4. The predicted molar refractivity (Wildman–Crippen MR) is 258 cm³/mol. The monoisotopic (exact) mass is 927 g/mol. The molecule has 3 aliphatic rings. The molecule has 0 amide bonds. The van der Waals surface area contributed by atoms with Crippen LogP contribution in [-0.4, -0.2) is 109 Å². The Morgan fingerprint density at radius 2 is 1.30 bits per heavy atom. The fourth-order valence-corrected chi connectivity index (χ4v) is 10.3. The number of aliphatic hydroxyl groups is 1. The summed E-state index contributed by atoms with van der Waals surface area (Å²) in [5.74, 6) is 1.50. The van der Waals surface area contributed by atoms with Gasteiger partial charge in [-0.05, 0) is 107 Å². The molecule has 1 saturated heterocycles. The Labute approximate surface area is 388 Å². The number of nitrogens with one attached hydrogen (secondary N) is 2. The van der Waals surface area contributed by atoms with Gasteiger partial charge >= 0.3 is 0 Å². The van der Waals surface area contributed by atoms with Gasteiger partial charge in [-0.2, -0.15) is 24.5 Å². The van der Waals surface area contributed by atoms with Crippen LogP contribution in [-0.2, 0) is 21.3 Å². The van der Waals surface area contributed by atoms with Crippen molar-refractivity contribution < 1.29 is 22.7 Å². The van der Waals surface area contributed by atoms with E-state index >= 15 is 0 Å². The zero-order chi connectivity index (χ0) is 45.3. The first-order chi connectivity index (χ1) is 31.6. The van der Waals surface area contributed by atoms with E-state index in [1.807, 2.05) is 15.6 Å². The number of hydrogen-bond donors (Lipinski definition) is 4. The Hall–Kier alpha value is -5.14. The molecule has 1 aliphatic heterocycles. The molecule has 0 bridgehead atoms. The summed E-state index contributed by atoms with van der Waals surface area (Å²) in [6, 6.07) is 13.8. The number of halogens is 1. The van der Waals surface area contributed by atoms with Crippen molar-refractivity contribution in [2.75, 3.05) is 50.0 Å². The van der Waals surface area contributed by atoms with Gasteiger partial charge in [-0.15, -0.1) is 0 Å². The minimum Gasteiger partial charge on any atom is -0.393 e. The van der Waals surface area contributed by atoms with Gasteiger partial charge in [0.25, 0.3) is 0 Å².